The Morgan fingerprint density at radius 3 is 2.81 bits per heavy atom. The maximum atomic E-state index is 12.5. The van der Waals surface area contributed by atoms with Crippen molar-refractivity contribution in [2.45, 2.75) is 20.1 Å². The minimum atomic E-state index is -2.91. The molecule has 0 atom stereocenters. The summed E-state index contributed by atoms with van der Waals surface area (Å²) in [7, 11) is 1.79. The molecule has 2 heterocycles. The van der Waals surface area contributed by atoms with Crippen LogP contribution in [0.2, 0.25) is 0 Å². The maximum absolute atomic E-state index is 12.5. The first-order valence-electron chi connectivity index (χ1n) is 7.77. The molecule has 0 bridgehead atoms. The summed E-state index contributed by atoms with van der Waals surface area (Å²) in [5, 5.41) is 8.24. The lowest BCUT2D eigenvalue weighted by atomic mass is 10.2. The molecule has 2 aromatic heterocycles. The third-order valence-electron chi connectivity index (χ3n) is 3.56. The number of hydrogen-bond acceptors (Lipinski definition) is 6. The Balaban J connectivity index is 1.83. The number of aryl methyl sites for hydroxylation is 1. The van der Waals surface area contributed by atoms with Gasteiger partial charge in [0.25, 0.3) is 0 Å². The smallest absolute Gasteiger partial charge is 0.387 e. The second-order valence-electron chi connectivity index (χ2n) is 5.28. The van der Waals surface area contributed by atoms with Crippen molar-refractivity contribution in [3.63, 3.8) is 0 Å². The number of aromatic nitrogens is 4. The van der Waals surface area contributed by atoms with Crippen LogP contribution in [0.3, 0.4) is 0 Å². The molecule has 1 N–H and O–H groups in total. The van der Waals surface area contributed by atoms with Gasteiger partial charge in [0.2, 0.25) is 0 Å². The van der Waals surface area contributed by atoms with E-state index in [9.17, 15) is 8.78 Å². The van der Waals surface area contributed by atoms with Crippen molar-refractivity contribution in [3.05, 3.63) is 34.7 Å². The second-order valence-corrected chi connectivity index (χ2v) is 6.03. The molecule has 0 aliphatic heterocycles. The van der Waals surface area contributed by atoms with Crippen LogP contribution in [0.4, 0.5) is 14.6 Å². The summed E-state index contributed by atoms with van der Waals surface area (Å²) in [5.41, 5.74) is 1.51. The number of anilines is 1. The molecule has 0 amide bonds. The van der Waals surface area contributed by atoms with Gasteiger partial charge >= 0.3 is 6.61 Å². The van der Waals surface area contributed by atoms with Crippen molar-refractivity contribution in [2.24, 2.45) is 7.05 Å². The van der Waals surface area contributed by atoms with Gasteiger partial charge in [0, 0.05) is 13.6 Å². The van der Waals surface area contributed by atoms with E-state index in [4.69, 9.17) is 4.74 Å². The van der Waals surface area contributed by atoms with Crippen molar-refractivity contribution in [1.82, 2.24) is 19.7 Å². The first kappa shape index (κ1) is 18.3. The van der Waals surface area contributed by atoms with Crippen molar-refractivity contribution < 1.29 is 18.3 Å². The van der Waals surface area contributed by atoms with E-state index in [1.807, 2.05) is 0 Å². The van der Waals surface area contributed by atoms with Crippen LogP contribution in [0.15, 0.2) is 29.1 Å². The molecule has 0 fully saturated rings. The fourth-order valence-electron chi connectivity index (χ4n) is 2.48. The van der Waals surface area contributed by atoms with Crippen molar-refractivity contribution >= 4 is 32.8 Å². The third-order valence-corrected chi connectivity index (χ3v) is 4.12. The summed E-state index contributed by atoms with van der Waals surface area (Å²) >= 11 is 3.40. The Labute approximate surface area is 156 Å². The van der Waals surface area contributed by atoms with Crippen LogP contribution in [0.1, 0.15) is 12.5 Å². The molecule has 0 saturated carbocycles. The molecule has 1 aromatic carbocycles. The van der Waals surface area contributed by atoms with Gasteiger partial charge in [0.05, 0.1) is 12.0 Å². The molecule has 3 aromatic rings. The molecule has 0 unspecified atom stereocenters. The summed E-state index contributed by atoms with van der Waals surface area (Å²) in [5.74, 6) is 0.883. The topological polar surface area (TPSA) is 74.1 Å². The summed E-state index contributed by atoms with van der Waals surface area (Å²) in [6, 6.07) is 4.80. The summed E-state index contributed by atoms with van der Waals surface area (Å²) in [6.45, 7) is -0.390. The Morgan fingerprint density at radius 1 is 1.27 bits per heavy atom. The van der Waals surface area contributed by atoms with Crippen LogP contribution in [0.5, 0.6) is 11.5 Å². The van der Waals surface area contributed by atoms with E-state index >= 15 is 0 Å². The van der Waals surface area contributed by atoms with Crippen LogP contribution < -0.4 is 14.8 Å². The number of nitrogens with zero attached hydrogens (tertiary/aromatic N) is 4. The number of benzene rings is 1. The van der Waals surface area contributed by atoms with Crippen LogP contribution in [0.25, 0.3) is 11.0 Å². The van der Waals surface area contributed by atoms with Crippen molar-refractivity contribution in [3.8, 4) is 11.5 Å². The fraction of sp³-hybridized carbons (Fsp3) is 0.312. The number of alkyl halides is 2. The van der Waals surface area contributed by atoms with E-state index in [2.05, 4.69) is 41.1 Å². The second kappa shape index (κ2) is 7.81. The molecule has 0 radical (unpaired) electrons. The highest BCUT2D eigenvalue weighted by molar-refractivity contribution is 9.10. The molecule has 26 heavy (non-hydrogen) atoms. The van der Waals surface area contributed by atoms with E-state index in [0.717, 1.165) is 10.9 Å². The van der Waals surface area contributed by atoms with E-state index in [1.54, 1.807) is 30.8 Å². The monoisotopic (exact) mass is 427 g/mol. The molecule has 0 aliphatic rings. The number of nitrogens with one attached hydrogen (secondary N) is 1. The fourth-order valence-corrected chi connectivity index (χ4v) is 3.09. The highest BCUT2D eigenvalue weighted by Crippen LogP contribution is 2.31. The lowest BCUT2D eigenvalue weighted by Gasteiger charge is -2.13. The standard InChI is InChI=1S/C16H16BrF2N5O2/c1-3-25-11-6-9(4-5-10(11)26-16(18)19)7-20-14-12-13(17)23-24(2)15(12)22-8-21-14/h4-6,8,16H,3,7H2,1-2H3,(H,20,21,22). The van der Waals surface area contributed by atoms with E-state index in [0.29, 0.717) is 29.2 Å². The van der Waals surface area contributed by atoms with Gasteiger partial charge < -0.3 is 14.8 Å². The van der Waals surface area contributed by atoms with Gasteiger partial charge in [-0.05, 0) is 40.5 Å². The van der Waals surface area contributed by atoms with Crippen molar-refractivity contribution in [2.75, 3.05) is 11.9 Å². The minimum absolute atomic E-state index is 0.00466. The lowest BCUT2D eigenvalue weighted by Crippen LogP contribution is -2.06. The highest BCUT2D eigenvalue weighted by atomic mass is 79.9. The van der Waals surface area contributed by atoms with Crippen molar-refractivity contribution in [1.29, 1.82) is 0 Å². The lowest BCUT2D eigenvalue weighted by molar-refractivity contribution is -0.0514. The average Bonchev–Trinajstić information content (AvgIpc) is 2.90. The first-order valence-corrected chi connectivity index (χ1v) is 8.56. The molecular formula is C16H16BrF2N5O2. The van der Waals surface area contributed by atoms with Gasteiger partial charge in [-0.3, -0.25) is 0 Å². The summed E-state index contributed by atoms with van der Waals surface area (Å²) in [6.07, 6.45) is 1.45. The van der Waals surface area contributed by atoms with E-state index in [-0.39, 0.29) is 11.5 Å². The number of ether oxygens (including phenoxy) is 2. The number of fused-ring (bicyclic) bond motifs is 1. The van der Waals surface area contributed by atoms with E-state index < -0.39 is 6.61 Å². The SMILES string of the molecule is CCOc1cc(CNc2ncnc3c2c(Br)nn3C)ccc1OC(F)F. The zero-order valence-electron chi connectivity index (χ0n) is 14.0. The Bertz CT molecular complexity index is 919. The zero-order chi connectivity index (χ0) is 18.7. The number of halogens is 3. The normalized spacial score (nSPS) is 11.2. The Morgan fingerprint density at radius 2 is 2.08 bits per heavy atom. The van der Waals surface area contributed by atoms with Gasteiger partial charge in [0.1, 0.15) is 16.7 Å². The maximum Gasteiger partial charge on any atom is 0.387 e. The quantitative estimate of drug-likeness (QED) is 0.618. The first-order chi connectivity index (χ1) is 12.5. The summed E-state index contributed by atoms with van der Waals surface area (Å²) in [4.78, 5) is 8.46. The van der Waals surface area contributed by atoms with Crippen LogP contribution >= 0.6 is 15.9 Å². The molecule has 0 aliphatic carbocycles. The number of rotatable bonds is 7. The molecule has 138 valence electrons. The third kappa shape index (κ3) is 3.85. The van der Waals surface area contributed by atoms with Crippen LogP contribution in [-0.2, 0) is 13.6 Å². The summed E-state index contributed by atoms with van der Waals surface area (Å²) < 4.78 is 37.1. The Kier molecular flexibility index (Phi) is 5.50. The minimum Gasteiger partial charge on any atom is -0.490 e. The van der Waals surface area contributed by atoms with Crippen LogP contribution in [-0.4, -0.2) is 33.0 Å². The Hall–Kier alpha value is -2.49. The van der Waals surface area contributed by atoms with Gasteiger partial charge in [-0.2, -0.15) is 13.9 Å². The molecule has 7 nitrogen and oxygen atoms in total. The average molecular weight is 428 g/mol. The molecule has 0 spiro atoms. The molecule has 3 rings (SSSR count). The zero-order valence-corrected chi connectivity index (χ0v) is 15.6. The highest BCUT2D eigenvalue weighted by Gasteiger charge is 2.14. The molecular weight excluding hydrogens is 412 g/mol. The van der Waals surface area contributed by atoms with Gasteiger partial charge in [-0.15, -0.1) is 0 Å². The van der Waals surface area contributed by atoms with Gasteiger partial charge in [0.15, 0.2) is 17.1 Å². The predicted octanol–water partition coefficient (Wildman–Crippen LogP) is 3.74. The number of hydrogen-bond donors (Lipinski definition) is 1. The van der Waals surface area contributed by atoms with E-state index in [1.165, 1.54) is 12.4 Å². The van der Waals surface area contributed by atoms with Gasteiger partial charge in [-0.25, -0.2) is 14.6 Å². The van der Waals surface area contributed by atoms with Crippen LogP contribution in [0, 0.1) is 0 Å². The molecule has 0 saturated heterocycles. The predicted molar refractivity (Wildman–Crippen MR) is 95.6 cm³/mol. The largest absolute Gasteiger partial charge is 0.490 e. The van der Waals surface area contributed by atoms with Gasteiger partial charge in [-0.1, -0.05) is 6.07 Å². The molecule has 10 heteroatoms.